The van der Waals surface area contributed by atoms with Crippen molar-refractivity contribution in [3.05, 3.63) is 12.7 Å². The molecule has 0 aliphatic heterocycles. The van der Waals surface area contributed by atoms with Crippen LogP contribution in [0.25, 0.3) is 0 Å². The molecule has 0 heterocycles. The largest absolute Gasteiger partial charge is 0.480 e. The first-order valence-corrected chi connectivity index (χ1v) is 4.43. The summed E-state index contributed by atoms with van der Waals surface area (Å²) in [5.41, 5.74) is 4.69. The van der Waals surface area contributed by atoms with Gasteiger partial charge in [-0.2, -0.15) is 0 Å². The zero-order valence-electron chi connectivity index (χ0n) is 8.41. The summed E-state index contributed by atoms with van der Waals surface area (Å²) in [6.07, 6.45) is 1.79. The third kappa shape index (κ3) is 4.04. The Kier molecular flexibility index (Phi) is 5.55. The van der Waals surface area contributed by atoms with E-state index in [9.17, 15) is 9.59 Å². The molecule has 14 heavy (non-hydrogen) atoms. The number of rotatable bonds is 6. The molecule has 0 unspecified atom stereocenters. The molecule has 0 spiro atoms. The van der Waals surface area contributed by atoms with Crippen molar-refractivity contribution in [3.8, 4) is 0 Å². The van der Waals surface area contributed by atoms with Gasteiger partial charge in [0.05, 0.1) is 0 Å². The molecule has 0 aromatic rings. The van der Waals surface area contributed by atoms with E-state index in [1.54, 1.807) is 6.92 Å². The number of hydrazine groups is 1. The molecule has 0 aliphatic carbocycles. The van der Waals surface area contributed by atoms with Crippen molar-refractivity contribution in [3.63, 3.8) is 0 Å². The topological polar surface area (TPSA) is 78.4 Å². The van der Waals surface area contributed by atoms with E-state index in [0.29, 0.717) is 6.42 Å². The monoisotopic (exact) mass is 200 g/mol. The maximum absolute atomic E-state index is 10.8. The van der Waals surface area contributed by atoms with Gasteiger partial charge in [-0.15, -0.1) is 0 Å². The van der Waals surface area contributed by atoms with Gasteiger partial charge in [-0.25, -0.2) is 5.43 Å². The molecule has 0 rings (SSSR count). The number of amides is 1. The van der Waals surface area contributed by atoms with E-state index < -0.39 is 17.9 Å². The van der Waals surface area contributed by atoms with Gasteiger partial charge in [-0.05, 0) is 12.0 Å². The van der Waals surface area contributed by atoms with Gasteiger partial charge in [-0.1, -0.05) is 26.8 Å². The van der Waals surface area contributed by atoms with Crippen LogP contribution in [-0.4, -0.2) is 23.0 Å². The maximum atomic E-state index is 10.8. The summed E-state index contributed by atoms with van der Waals surface area (Å²) in [4.78, 5) is 21.5. The van der Waals surface area contributed by atoms with E-state index in [4.69, 9.17) is 5.11 Å². The molecule has 5 heteroatoms. The molecule has 0 radical (unpaired) electrons. The van der Waals surface area contributed by atoms with Gasteiger partial charge in [0.25, 0.3) is 5.91 Å². The van der Waals surface area contributed by atoms with E-state index in [2.05, 4.69) is 17.4 Å². The van der Waals surface area contributed by atoms with E-state index >= 15 is 0 Å². The fourth-order valence-corrected chi connectivity index (χ4v) is 0.883. The average Bonchev–Trinajstić information content (AvgIpc) is 2.16. The van der Waals surface area contributed by atoms with E-state index in [1.807, 2.05) is 6.92 Å². The molecule has 0 bridgehead atoms. The molecule has 1 amide bonds. The van der Waals surface area contributed by atoms with Crippen molar-refractivity contribution in [1.29, 1.82) is 0 Å². The van der Waals surface area contributed by atoms with Crippen LogP contribution in [0.1, 0.15) is 20.3 Å². The van der Waals surface area contributed by atoms with Crippen molar-refractivity contribution in [2.24, 2.45) is 5.92 Å². The average molecular weight is 200 g/mol. The zero-order chi connectivity index (χ0) is 11.1. The predicted octanol–water partition coefficient (Wildman–Crippen LogP) is 0.292. The van der Waals surface area contributed by atoms with Crippen LogP contribution in [0.2, 0.25) is 0 Å². The van der Waals surface area contributed by atoms with Gasteiger partial charge in [0.1, 0.15) is 6.04 Å². The minimum atomic E-state index is -0.983. The van der Waals surface area contributed by atoms with Gasteiger partial charge in [0.15, 0.2) is 0 Å². The number of hydrogen-bond donors (Lipinski definition) is 3. The standard InChI is InChI=1S/C9H16N2O3/c1-4-6(3)8(9(13)14)11-10-7(12)5-2/h5-6,8,11H,2,4H2,1,3H3,(H,10,12)(H,13,14)/t6-,8-/m0/s1. The first kappa shape index (κ1) is 12.6. The molecule has 80 valence electrons. The summed E-state index contributed by atoms with van der Waals surface area (Å²) < 4.78 is 0. The molecule has 0 aliphatic rings. The second kappa shape index (κ2) is 6.15. The Bertz CT molecular complexity index is 228. The Labute approximate surface area is 83.2 Å². The summed E-state index contributed by atoms with van der Waals surface area (Å²) in [6.45, 7) is 6.93. The van der Waals surface area contributed by atoms with Gasteiger partial charge < -0.3 is 5.11 Å². The second-order valence-electron chi connectivity index (χ2n) is 3.04. The predicted molar refractivity (Wildman–Crippen MR) is 52.4 cm³/mol. The van der Waals surface area contributed by atoms with Crippen LogP contribution in [0, 0.1) is 5.92 Å². The normalized spacial score (nSPS) is 14.1. The highest BCUT2D eigenvalue weighted by molar-refractivity contribution is 5.86. The molecular formula is C9H16N2O3. The number of nitrogens with one attached hydrogen (secondary N) is 2. The van der Waals surface area contributed by atoms with Crippen molar-refractivity contribution < 1.29 is 14.7 Å². The Balaban J connectivity index is 4.17. The lowest BCUT2D eigenvalue weighted by atomic mass is 10.0. The summed E-state index contributed by atoms with van der Waals surface area (Å²) >= 11 is 0. The fraction of sp³-hybridized carbons (Fsp3) is 0.556. The summed E-state index contributed by atoms with van der Waals surface area (Å²) in [7, 11) is 0. The molecule has 0 saturated heterocycles. The number of aliphatic carboxylic acids is 1. The fourth-order valence-electron chi connectivity index (χ4n) is 0.883. The third-order valence-electron chi connectivity index (χ3n) is 2.02. The number of hydrogen-bond acceptors (Lipinski definition) is 3. The Morgan fingerprint density at radius 2 is 2.14 bits per heavy atom. The van der Waals surface area contributed by atoms with Crippen LogP contribution in [0.3, 0.4) is 0 Å². The van der Waals surface area contributed by atoms with Crippen LogP contribution in [0.5, 0.6) is 0 Å². The lowest BCUT2D eigenvalue weighted by molar-refractivity contribution is -0.141. The maximum Gasteiger partial charge on any atom is 0.322 e. The number of carbonyl (C=O) groups excluding carboxylic acids is 1. The highest BCUT2D eigenvalue weighted by atomic mass is 16.4. The van der Waals surface area contributed by atoms with Gasteiger partial charge in [0.2, 0.25) is 0 Å². The molecule has 0 fully saturated rings. The lowest BCUT2D eigenvalue weighted by Crippen LogP contribution is -2.50. The Morgan fingerprint density at radius 3 is 2.50 bits per heavy atom. The zero-order valence-corrected chi connectivity index (χ0v) is 8.41. The van der Waals surface area contributed by atoms with Crippen LogP contribution in [0.15, 0.2) is 12.7 Å². The van der Waals surface area contributed by atoms with Crippen molar-refractivity contribution >= 4 is 11.9 Å². The molecule has 0 aromatic carbocycles. The van der Waals surface area contributed by atoms with Crippen molar-refractivity contribution in [1.82, 2.24) is 10.9 Å². The van der Waals surface area contributed by atoms with Crippen LogP contribution in [0.4, 0.5) is 0 Å². The van der Waals surface area contributed by atoms with Crippen LogP contribution in [-0.2, 0) is 9.59 Å². The second-order valence-corrected chi connectivity index (χ2v) is 3.04. The molecule has 0 aromatic heterocycles. The van der Waals surface area contributed by atoms with E-state index in [-0.39, 0.29) is 5.92 Å². The lowest BCUT2D eigenvalue weighted by Gasteiger charge is -2.19. The third-order valence-corrected chi connectivity index (χ3v) is 2.02. The molecule has 0 saturated carbocycles. The van der Waals surface area contributed by atoms with E-state index in [0.717, 1.165) is 6.08 Å². The van der Waals surface area contributed by atoms with Gasteiger partial charge >= 0.3 is 5.97 Å². The van der Waals surface area contributed by atoms with E-state index in [1.165, 1.54) is 0 Å². The van der Waals surface area contributed by atoms with Crippen LogP contribution >= 0.6 is 0 Å². The SMILES string of the molecule is C=CC(=O)NN[C@H](C(=O)O)[C@@H](C)CC. The minimum Gasteiger partial charge on any atom is -0.480 e. The molecular weight excluding hydrogens is 184 g/mol. The van der Waals surface area contributed by atoms with Crippen molar-refractivity contribution in [2.75, 3.05) is 0 Å². The molecule has 5 nitrogen and oxygen atoms in total. The smallest absolute Gasteiger partial charge is 0.322 e. The molecule has 2 atom stereocenters. The number of carboxylic acid groups (broad SMARTS) is 1. The van der Waals surface area contributed by atoms with Gasteiger partial charge in [-0.3, -0.25) is 15.0 Å². The summed E-state index contributed by atoms with van der Waals surface area (Å²) in [5, 5.41) is 8.82. The van der Waals surface area contributed by atoms with Gasteiger partial charge in [0, 0.05) is 0 Å². The Morgan fingerprint density at radius 1 is 1.57 bits per heavy atom. The minimum absolute atomic E-state index is 0.0578. The quantitative estimate of drug-likeness (QED) is 0.425. The molecule has 3 N–H and O–H groups in total. The summed E-state index contributed by atoms with van der Waals surface area (Å²) in [5.74, 6) is -1.49. The van der Waals surface area contributed by atoms with Crippen molar-refractivity contribution in [2.45, 2.75) is 26.3 Å². The first-order valence-electron chi connectivity index (χ1n) is 4.43. The highest BCUT2D eigenvalue weighted by Gasteiger charge is 2.23. The number of carbonyl (C=O) groups is 2. The highest BCUT2D eigenvalue weighted by Crippen LogP contribution is 2.06. The van der Waals surface area contributed by atoms with Crippen LogP contribution < -0.4 is 10.9 Å². The number of carboxylic acids is 1. The summed E-state index contributed by atoms with van der Waals surface area (Å²) in [6, 6.07) is -0.774. The Hall–Kier alpha value is -1.36. The first-order chi connectivity index (χ1) is 6.52.